The fourth-order valence-electron chi connectivity index (χ4n) is 7.85. The number of ether oxygens (including phenoxy) is 9. The van der Waals surface area contributed by atoms with Gasteiger partial charge in [-0.1, -0.05) is 71.8 Å². The second-order valence-corrected chi connectivity index (χ2v) is 17.7. The number of hydrogen-bond donors (Lipinski definition) is 4. The van der Waals surface area contributed by atoms with Crippen molar-refractivity contribution in [2.24, 2.45) is 5.73 Å². The highest BCUT2D eigenvalue weighted by Crippen LogP contribution is 2.29. The molecule has 0 aliphatic heterocycles. The highest BCUT2D eigenvalue weighted by molar-refractivity contribution is 5.90. The number of carbonyl (C=O) groups is 3. The van der Waals surface area contributed by atoms with E-state index in [1.54, 1.807) is 0 Å². The van der Waals surface area contributed by atoms with E-state index >= 15 is 0 Å². The Balaban J connectivity index is 1.01. The van der Waals surface area contributed by atoms with Crippen LogP contribution in [0, 0.1) is 13.8 Å². The molecular weight excluding hydrogens is 951 g/mol. The molecule has 1 heterocycles. The minimum absolute atomic E-state index is 0.245. The van der Waals surface area contributed by atoms with E-state index in [9.17, 15) is 14.4 Å². The van der Waals surface area contributed by atoms with E-state index in [0.717, 1.165) is 65.9 Å². The van der Waals surface area contributed by atoms with E-state index in [0.29, 0.717) is 138 Å². The van der Waals surface area contributed by atoms with Gasteiger partial charge in [-0.15, -0.1) is 5.10 Å². The summed E-state index contributed by atoms with van der Waals surface area (Å²) >= 11 is 0. The van der Waals surface area contributed by atoms with Crippen molar-refractivity contribution in [3.05, 3.63) is 100 Å². The summed E-state index contributed by atoms with van der Waals surface area (Å²) in [5, 5.41) is 16.9. The van der Waals surface area contributed by atoms with Gasteiger partial charge in [0, 0.05) is 19.5 Å². The summed E-state index contributed by atoms with van der Waals surface area (Å²) < 4.78 is 52.2. The zero-order valence-electron chi connectivity index (χ0n) is 44.3. The number of aromatic nitrogens is 3. The standard InChI is InChI=1S/C55H83N7O12/c1-5-47-39-50(15-16-51(47)48-13-11-45(12-14-48)38-53(58-42-63)55(65)59-52(54(56)64)10-8-9-46-36-43(2)35-44(3)37-46)74-19-7-6-18-62-40-49(60-61-62)41-73-34-33-72-32-31-71-30-29-70-28-27-69-26-25-68-24-23-67-22-21-66-20-17-57-4/h11-16,35-37,39-40,42,52-53,57H,5-10,17-34,38,41H2,1-4H3,(H2,56,64)(H,58,63)(H,59,65)/t52?,53-/m0/s1. The Morgan fingerprint density at radius 2 is 1.26 bits per heavy atom. The van der Waals surface area contributed by atoms with Crippen molar-refractivity contribution < 1.29 is 57.0 Å². The lowest BCUT2D eigenvalue weighted by molar-refractivity contribution is -0.129. The zero-order valence-corrected chi connectivity index (χ0v) is 44.3. The largest absolute Gasteiger partial charge is 0.494 e. The topological polar surface area (TPSA) is 227 Å². The van der Waals surface area contributed by atoms with E-state index in [2.05, 4.69) is 77.4 Å². The number of nitrogens with one attached hydrogen (secondary N) is 3. The van der Waals surface area contributed by atoms with Crippen LogP contribution in [0.25, 0.3) is 11.1 Å². The first-order valence-corrected chi connectivity index (χ1v) is 26.1. The first-order valence-electron chi connectivity index (χ1n) is 26.1. The van der Waals surface area contributed by atoms with Gasteiger partial charge in [-0.25, -0.2) is 0 Å². The monoisotopic (exact) mass is 1030 g/mol. The average Bonchev–Trinajstić information content (AvgIpc) is 3.85. The number of hydrogen-bond acceptors (Lipinski definition) is 15. The number of primary amides is 1. The van der Waals surface area contributed by atoms with Crippen LogP contribution in [0.3, 0.4) is 0 Å². The van der Waals surface area contributed by atoms with Crippen LogP contribution in [0.2, 0.25) is 0 Å². The number of nitrogens with two attached hydrogens (primary N) is 1. The van der Waals surface area contributed by atoms with Crippen LogP contribution >= 0.6 is 0 Å². The molecule has 0 aliphatic rings. The zero-order chi connectivity index (χ0) is 52.9. The first-order chi connectivity index (χ1) is 36.2. The lowest BCUT2D eigenvalue weighted by Gasteiger charge is -2.21. The van der Waals surface area contributed by atoms with E-state index in [1.165, 1.54) is 16.7 Å². The number of carbonyl (C=O) groups excluding carboxylic acids is 3. The summed E-state index contributed by atoms with van der Waals surface area (Å²) in [4.78, 5) is 37.1. The molecule has 0 radical (unpaired) electrons. The summed E-state index contributed by atoms with van der Waals surface area (Å²) in [7, 11) is 1.89. The van der Waals surface area contributed by atoms with Crippen molar-refractivity contribution in [1.82, 2.24) is 30.9 Å². The maximum atomic E-state index is 13.3. The average molecular weight is 1030 g/mol. The third-order valence-corrected chi connectivity index (χ3v) is 11.6. The Bertz CT molecular complexity index is 2120. The lowest BCUT2D eigenvalue weighted by atomic mass is 9.95. The Kier molecular flexibility index (Phi) is 31.6. The summed E-state index contributed by atoms with van der Waals surface area (Å²) in [6.07, 6.45) is 6.99. The molecule has 2 atom stereocenters. The second kappa shape index (κ2) is 38.2. The molecule has 3 amide bonds. The fraction of sp³-hybridized carbons (Fsp3) is 0.582. The van der Waals surface area contributed by atoms with Crippen molar-refractivity contribution in [3.8, 4) is 16.9 Å². The first kappa shape index (κ1) is 61.2. The highest BCUT2D eigenvalue weighted by atomic mass is 16.6. The molecule has 1 aromatic heterocycles. The van der Waals surface area contributed by atoms with Crippen molar-refractivity contribution in [1.29, 1.82) is 0 Å². The summed E-state index contributed by atoms with van der Waals surface area (Å²) in [6, 6.07) is 18.7. The van der Waals surface area contributed by atoms with Crippen LogP contribution < -0.4 is 26.4 Å². The molecule has 5 N–H and O–H groups in total. The molecular formula is C55H83N7O12. The van der Waals surface area contributed by atoms with Crippen molar-refractivity contribution in [3.63, 3.8) is 0 Å². The third-order valence-electron chi connectivity index (χ3n) is 11.6. The molecule has 410 valence electrons. The highest BCUT2D eigenvalue weighted by Gasteiger charge is 2.24. The Morgan fingerprint density at radius 1 is 0.676 bits per heavy atom. The molecule has 3 aromatic carbocycles. The fourth-order valence-corrected chi connectivity index (χ4v) is 7.85. The number of likely N-dealkylation sites (N-methyl/N-ethyl adjacent to an activating group) is 1. The Morgan fingerprint density at radius 3 is 1.81 bits per heavy atom. The maximum absolute atomic E-state index is 13.3. The molecule has 0 fully saturated rings. The van der Waals surface area contributed by atoms with E-state index in [4.69, 9.17) is 48.4 Å². The van der Waals surface area contributed by atoms with Gasteiger partial charge in [0.2, 0.25) is 18.2 Å². The SMILES string of the molecule is CCc1cc(OCCCCn2cc(COCCOCCOCCOCCOCCOCCOCCOCCNC)nn2)ccc1-c1ccc(C[C@H](NC=O)C(=O)NC(CCCc2cc(C)cc(C)c2)C(N)=O)cc1. The normalized spacial score (nSPS) is 12.2. The number of amides is 3. The van der Waals surface area contributed by atoms with Crippen molar-refractivity contribution in [2.45, 2.75) is 91.0 Å². The van der Waals surface area contributed by atoms with Gasteiger partial charge in [-0.2, -0.15) is 0 Å². The minimum atomic E-state index is -0.874. The van der Waals surface area contributed by atoms with Crippen LogP contribution in [0.1, 0.15) is 66.1 Å². The summed E-state index contributed by atoms with van der Waals surface area (Å²) in [5.74, 6) is -0.258. The Labute approximate surface area is 438 Å². The summed E-state index contributed by atoms with van der Waals surface area (Å²) in [6.45, 7) is 16.4. The smallest absolute Gasteiger partial charge is 0.243 e. The van der Waals surface area contributed by atoms with Gasteiger partial charge in [-0.05, 0) is 99.4 Å². The number of aryl methyl sites for hydroxylation is 5. The van der Waals surface area contributed by atoms with E-state index in [-0.39, 0.29) is 6.42 Å². The summed E-state index contributed by atoms with van der Waals surface area (Å²) in [5.41, 5.74) is 14.1. The molecule has 0 aliphatic carbocycles. The molecule has 0 saturated heterocycles. The molecule has 0 bridgehead atoms. The second-order valence-electron chi connectivity index (χ2n) is 17.7. The molecule has 19 heteroatoms. The van der Waals surface area contributed by atoms with Gasteiger partial charge in [0.05, 0.1) is 119 Å². The van der Waals surface area contributed by atoms with Crippen molar-refractivity contribution in [2.75, 3.05) is 119 Å². The van der Waals surface area contributed by atoms with Crippen LogP contribution in [0.5, 0.6) is 5.75 Å². The lowest BCUT2D eigenvalue weighted by Crippen LogP contribution is -2.52. The van der Waals surface area contributed by atoms with E-state index in [1.807, 2.05) is 48.3 Å². The third kappa shape index (κ3) is 26.2. The predicted octanol–water partition coefficient (Wildman–Crippen LogP) is 4.49. The van der Waals surface area contributed by atoms with Gasteiger partial charge in [-0.3, -0.25) is 19.1 Å². The van der Waals surface area contributed by atoms with Crippen molar-refractivity contribution >= 4 is 18.2 Å². The number of nitrogens with zero attached hydrogens (tertiary/aromatic N) is 3. The molecule has 19 nitrogen and oxygen atoms in total. The minimum Gasteiger partial charge on any atom is -0.494 e. The maximum Gasteiger partial charge on any atom is 0.243 e. The van der Waals surface area contributed by atoms with Gasteiger partial charge in [0.1, 0.15) is 23.5 Å². The van der Waals surface area contributed by atoms with Gasteiger partial charge < -0.3 is 64.3 Å². The van der Waals surface area contributed by atoms with Gasteiger partial charge >= 0.3 is 0 Å². The van der Waals surface area contributed by atoms with Crippen LogP contribution in [0.15, 0.2) is 66.9 Å². The molecule has 0 saturated carbocycles. The molecule has 74 heavy (non-hydrogen) atoms. The van der Waals surface area contributed by atoms with Gasteiger partial charge in [0.15, 0.2) is 0 Å². The van der Waals surface area contributed by atoms with Crippen LogP contribution in [-0.2, 0) is 84.7 Å². The molecule has 4 rings (SSSR count). The molecule has 0 spiro atoms. The van der Waals surface area contributed by atoms with Gasteiger partial charge in [0.25, 0.3) is 0 Å². The van der Waals surface area contributed by atoms with Crippen LogP contribution in [-0.4, -0.2) is 165 Å². The Hall–Kier alpha value is -5.35. The quantitative estimate of drug-likeness (QED) is 0.0354. The predicted molar refractivity (Wildman–Crippen MR) is 282 cm³/mol. The molecule has 1 unspecified atom stereocenters. The van der Waals surface area contributed by atoms with E-state index < -0.39 is 23.9 Å². The molecule has 4 aromatic rings. The van der Waals surface area contributed by atoms with Crippen LogP contribution in [0.4, 0.5) is 0 Å². The number of rotatable bonds is 45. The number of unbranched alkanes of at least 4 members (excludes halogenated alkanes) is 1. The number of benzene rings is 3.